The minimum atomic E-state index is 0. The molecule has 2 atom stereocenters. The molecule has 2 aliphatic rings. The van der Waals surface area contributed by atoms with Gasteiger partial charge in [-0.1, -0.05) is 0 Å². The van der Waals surface area contributed by atoms with Gasteiger partial charge in [0.2, 0.25) is 0 Å². The van der Waals surface area contributed by atoms with Crippen LogP contribution in [0.5, 0.6) is 0 Å². The minimum Gasteiger partial charge on any atom is -0.350 e. The van der Waals surface area contributed by atoms with Crippen LogP contribution in [0.3, 0.4) is 0 Å². The van der Waals surface area contributed by atoms with Crippen molar-refractivity contribution in [2.24, 2.45) is 0 Å². The Morgan fingerprint density at radius 1 is 1.38 bits per heavy atom. The van der Waals surface area contributed by atoms with Gasteiger partial charge in [0.15, 0.2) is 0 Å². The summed E-state index contributed by atoms with van der Waals surface area (Å²) in [4.78, 5) is 11.1. The summed E-state index contributed by atoms with van der Waals surface area (Å²) in [5, 5.41) is 3.50. The van der Waals surface area contributed by atoms with E-state index < -0.39 is 0 Å². The van der Waals surface area contributed by atoms with Crippen LogP contribution in [-0.4, -0.2) is 35.1 Å². The second-order valence-corrected chi connectivity index (χ2v) is 4.55. The van der Waals surface area contributed by atoms with E-state index in [0.29, 0.717) is 12.1 Å². The van der Waals surface area contributed by atoms with Gasteiger partial charge in [-0.2, -0.15) is 0 Å². The van der Waals surface area contributed by atoms with Crippen LogP contribution >= 0.6 is 12.4 Å². The van der Waals surface area contributed by atoms with E-state index in [1.165, 1.54) is 12.0 Å². The lowest BCUT2D eigenvalue weighted by atomic mass is 10.2. The number of nitrogens with one attached hydrogen (secondary N) is 1. The van der Waals surface area contributed by atoms with Crippen LogP contribution in [0.25, 0.3) is 0 Å². The number of halogens is 1. The summed E-state index contributed by atoms with van der Waals surface area (Å²) < 4.78 is 0. The summed E-state index contributed by atoms with van der Waals surface area (Å²) in [7, 11) is 0. The summed E-state index contributed by atoms with van der Waals surface area (Å²) in [6, 6.07) is 1.31. The van der Waals surface area contributed by atoms with Crippen molar-refractivity contribution in [1.82, 2.24) is 15.3 Å². The van der Waals surface area contributed by atoms with E-state index >= 15 is 0 Å². The lowest BCUT2D eigenvalue weighted by molar-refractivity contribution is 0.575. The Hall–Kier alpha value is -0.870. The van der Waals surface area contributed by atoms with E-state index in [2.05, 4.69) is 27.1 Å². The first kappa shape index (κ1) is 11.6. The third-order valence-corrected chi connectivity index (χ3v) is 3.64. The average Bonchev–Trinajstić information content (AvgIpc) is 2.83. The zero-order chi connectivity index (χ0) is 10.4. The molecule has 0 amide bonds. The molecule has 3 heterocycles. The van der Waals surface area contributed by atoms with E-state index in [4.69, 9.17) is 0 Å². The maximum absolute atomic E-state index is 4.43. The van der Waals surface area contributed by atoms with Crippen molar-refractivity contribution in [3.05, 3.63) is 17.6 Å². The number of piperazine rings is 1. The van der Waals surface area contributed by atoms with E-state index in [9.17, 15) is 0 Å². The van der Waals surface area contributed by atoms with Crippen LogP contribution in [0.2, 0.25) is 0 Å². The normalized spacial score (nSPS) is 27.0. The topological polar surface area (TPSA) is 41.1 Å². The summed E-state index contributed by atoms with van der Waals surface area (Å²) in [5.41, 5.74) is 2.32. The molecule has 0 aliphatic carbocycles. The number of fused-ring (bicyclic) bond motifs is 2. The quantitative estimate of drug-likeness (QED) is 0.797. The lowest BCUT2D eigenvalue weighted by Crippen LogP contribution is -2.44. The molecule has 2 aliphatic heterocycles. The first-order chi connectivity index (χ1) is 7.25. The van der Waals surface area contributed by atoms with Gasteiger partial charge in [0.1, 0.15) is 12.1 Å². The molecular weight excluding hydrogens is 224 g/mol. The Morgan fingerprint density at radius 3 is 2.81 bits per heavy atom. The first-order valence-electron chi connectivity index (χ1n) is 5.54. The van der Waals surface area contributed by atoms with Gasteiger partial charge >= 0.3 is 0 Å². The predicted molar refractivity (Wildman–Crippen MR) is 66.3 cm³/mol. The first-order valence-corrected chi connectivity index (χ1v) is 5.54. The molecule has 4 nitrogen and oxygen atoms in total. The third-order valence-electron chi connectivity index (χ3n) is 3.64. The smallest absolute Gasteiger partial charge is 0.135 e. The maximum atomic E-state index is 4.43. The zero-order valence-corrected chi connectivity index (χ0v) is 10.4. The fourth-order valence-electron chi connectivity index (χ4n) is 2.64. The molecule has 1 N–H and O–H groups in total. The van der Waals surface area contributed by atoms with Crippen molar-refractivity contribution in [3.8, 4) is 0 Å². The van der Waals surface area contributed by atoms with Crippen molar-refractivity contribution in [3.63, 3.8) is 0 Å². The van der Waals surface area contributed by atoms with Gasteiger partial charge in [0, 0.05) is 36.4 Å². The monoisotopic (exact) mass is 240 g/mol. The molecule has 16 heavy (non-hydrogen) atoms. The molecule has 0 radical (unpaired) electrons. The highest BCUT2D eigenvalue weighted by Gasteiger charge is 2.38. The van der Waals surface area contributed by atoms with Gasteiger partial charge in [0.05, 0.1) is 0 Å². The number of nitrogens with zero attached hydrogens (tertiary/aromatic N) is 3. The van der Waals surface area contributed by atoms with Gasteiger partial charge in [-0.15, -0.1) is 12.4 Å². The van der Waals surface area contributed by atoms with Crippen LogP contribution in [0.1, 0.15) is 17.7 Å². The van der Waals surface area contributed by atoms with E-state index in [1.807, 2.05) is 6.92 Å². The molecule has 2 saturated heterocycles. The number of aryl methyl sites for hydroxylation is 1. The number of anilines is 1. The number of hydrogen-bond donors (Lipinski definition) is 1. The molecule has 88 valence electrons. The van der Waals surface area contributed by atoms with Crippen molar-refractivity contribution in [2.75, 3.05) is 18.0 Å². The van der Waals surface area contributed by atoms with Gasteiger partial charge < -0.3 is 10.2 Å². The molecule has 1 aromatic rings. The molecule has 0 aromatic carbocycles. The Bertz CT molecular complexity index is 396. The summed E-state index contributed by atoms with van der Waals surface area (Å²) in [5.74, 6) is 1.14. The van der Waals surface area contributed by atoms with Crippen molar-refractivity contribution < 1.29 is 0 Å². The molecule has 3 rings (SSSR count). The predicted octanol–water partition coefficient (Wildman–Crippen LogP) is 1.07. The highest BCUT2D eigenvalue weighted by molar-refractivity contribution is 5.85. The maximum Gasteiger partial charge on any atom is 0.135 e. The fraction of sp³-hybridized carbons (Fsp3) is 0.636. The molecule has 2 unspecified atom stereocenters. The highest BCUT2D eigenvalue weighted by Crippen LogP contribution is 2.30. The van der Waals surface area contributed by atoms with E-state index in [0.717, 1.165) is 24.6 Å². The fourth-order valence-corrected chi connectivity index (χ4v) is 2.64. The second kappa shape index (κ2) is 4.18. The standard InChI is InChI=1S/C11H16N4.ClH/c1-7-8(2)13-6-14-11(7)15-5-9-3-10(15)4-12-9;/h6,9-10,12H,3-5H2,1-2H3;1H. The Labute approximate surface area is 102 Å². The zero-order valence-electron chi connectivity index (χ0n) is 9.60. The van der Waals surface area contributed by atoms with Crippen LogP contribution < -0.4 is 10.2 Å². The van der Waals surface area contributed by atoms with Crippen LogP contribution in [0.4, 0.5) is 5.82 Å². The van der Waals surface area contributed by atoms with Crippen molar-refractivity contribution in [2.45, 2.75) is 32.4 Å². The van der Waals surface area contributed by atoms with Gasteiger partial charge in [0.25, 0.3) is 0 Å². The lowest BCUT2D eigenvalue weighted by Gasteiger charge is -2.29. The molecule has 0 saturated carbocycles. The molecule has 0 spiro atoms. The number of aromatic nitrogens is 2. The minimum absolute atomic E-state index is 0. The number of hydrogen-bond acceptors (Lipinski definition) is 4. The van der Waals surface area contributed by atoms with E-state index in [1.54, 1.807) is 6.33 Å². The third kappa shape index (κ3) is 1.66. The van der Waals surface area contributed by atoms with Crippen molar-refractivity contribution in [1.29, 1.82) is 0 Å². The van der Waals surface area contributed by atoms with Gasteiger partial charge in [-0.3, -0.25) is 0 Å². The molecular formula is C11H17ClN4. The highest BCUT2D eigenvalue weighted by atomic mass is 35.5. The van der Waals surface area contributed by atoms with Crippen LogP contribution in [0, 0.1) is 13.8 Å². The molecule has 1 aromatic heterocycles. The SMILES string of the molecule is Cc1ncnc(N2CC3CC2CN3)c1C.Cl. The van der Waals surface area contributed by atoms with Gasteiger partial charge in [-0.25, -0.2) is 9.97 Å². The summed E-state index contributed by atoms with van der Waals surface area (Å²) in [6.45, 7) is 6.37. The molecule has 2 bridgehead atoms. The molecule has 2 fully saturated rings. The Balaban J connectivity index is 0.000000963. The second-order valence-electron chi connectivity index (χ2n) is 4.55. The van der Waals surface area contributed by atoms with E-state index in [-0.39, 0.29) is 12.4 Å². The van der Waals surface area contributed by atoms with Gasteiger partial charge in [-0.05, 0) is 20.3 Å². The number of rotatable bonds is 1. The molecule has 5 heteroatoms. The largest absolute Gasteiger partial charge is 0.350 e. The van der Waals surface area contributed by atoms with Crippen molar-refractivity contribution >= 4 is 18.2 Å². The average molecular weight is 241 g/mol. The van der Waals surface area contributed by atoms with Crippen LogP contribution in [0.15, 0.2) is 6.33 Å². The summed E-state index contributed by atoms with van der Waals surface area (Å²) >= 11 is 0. The summed E-state index contributed by atoms with van der Waals surface area (Å²) in [6.07, 6.45) is 2.94. The Kier molecular flexibility index (Phi) is 3.04. The van der Waals surface area contributed by atoms with Crippen LogP contribution in [-0.2, 0) is 0 Å². The Morgan fingerprint density at radius 2 is 2.19 bits per heavy atom.